The van der Waals surface area contributed by atoms with Gasteiger partial charge in [-0.05, 0) is 65.1 Å². The third kappa shape index (κ3) is 3.97. The number of nitrogens with zero attached hydrogens (tertiary/aromatic N) is 3. The molecule has 0 saturated heterocycles. The van der Waals surface area contributed by atoms with E-state index in [1.807, 2.05) is 6.92 Å². The van der Waals surface area contributed by atoms with Crippen LogP contribution >= 0.6 is 11.3 Å². The maximum Gasteiger partial charge on any atom is 0.225 e. The Hall–Kier alpha value is -0.890. The van der Waals surface area contributed by atoms with Crippen molar-refractivity contribution in [3.8, 4) is 5.88 Å². The van der Waals surface area contributed by atoms with Crippen LogP contribution in [-0.4, -0.2) is 57.2 Å². The van der Waals surface area contributed by atoms with Gasteiger partial charge >= 0.3 is 0 Å². The summed E-state index contributed by atoms with van der Waals surface area (Å²) in [7, 11) is 4.32. The molecule has 0 unspecified atom stereocenters. The number of fused-ring (bicyclic) bond motifs is 3. The molecule has 2 atom stereocenters. The molecule has 2 aromatic heterocycles. The molecule has 2 aliphatic rings. The molecule has 2 aliphatic carbocycles. The second-order valence-electron chi connectivity index (χ2n) is 7.94. The van der Waals surface area contributed by atoms with E-state index in [0.29, 0.717) is 12.0 Å². The zero-order valence-corrected chi connectivity index (χ0v) is 18.1. The molecule has 148 valence electrons. The lowest BCUT2D eigenvalue weighted by molar-refractivity contribution is 0.108. The highest BCUT2D eigenvalue weighted by atomic mass is 32.2. The quantitative estimate of drug-likeness (QED) is 0.683. The van der Waals surface area contributed by atoms with Gasteiger partial charge in [0.05, 0.1) is 5.39 Å². The highest BCUT2D eigenvalue weighted by Crippen LogP contribution is 2.46. The van der Waals surface area contributed by atoms with Gasteiger partial charge in [0.1, 0.15) is 28.8 Å². The van der Waals surface area contributed by atoms with Crippen molar-refractivity contribution in [2.45, 2.75) is 63.5 Å². The molecular weight excluding hydrogens is 378 g/mol. The second-order valence-corrected chi connectivity index (χ2v) is 10.8. The van der Waals surface area contributed by atoms with Gasteiger partial charge in [-0.1, -0.05) is 11.2 Å². The van der Waals surface area contributed by atoms with E-state index in [2.05, 4.69) is 29.0 Å². The second kappa shape index (κ2) is 8.23. The van der Waals surface area contributed by atoms with Gasteiger partial charge in [0.15, 0.2) is 0 Å². The maximum atomic E-state index is 12.2. The molecule has 7 heteroatoms. The van der Waals surface area contributed by atoms with Crippen LogP contribution < -0.4 is 4.74 Å². The molecule has 2 aromatic rings. The molecule has 0 bridgehead atoms. The van der Waals surface area contributed by atoms with Crippen molar-refractivity contribution < 1.29 is 9.29 Å². The molecule has 1 fully saturated rings. The Kier molecular flexibility index (Phi) is 5.92. The number of aryl methyl sites for hydroxylation is 1. The van der Waals surface area contributed by atoms with Crippen molar-refractivity contribution in [2.75, 3.05) is 25.6 Å². The summed E-state index contributed by atoms with van der Waals surface area (Å²) in [6.45, 7) is 2.00. The predicted octanol–water partition coefficient (Wildman–Crippen LogP) is 3.74. The Bertz CT molecular complexity index is 787. The van der Waals surface area contributed by atoms with Crippen molar-refractivity contribution in [3.63, 3.8) is 0 Å². The minimum absolute atomic E-state index is 0.236. The van der Waals surface area contributed by atoms with Crippen LogP contribution in [0.25, 0.3) is 10.2 Å². The van der Waals surface area contributed by atoms with Gasteiger partial charge < -0.3 is 14.2 Å². The Morgan fingerprint density at radius 1 is 1.22 bits per heavy atom. The number of hydrogen-bond donors (Lipinski definition) is 0. The molecule has 0 amide bonds. The summed E-state index contributed by atoms with van der Waals surface area (Å²) in [4.78, 5) is 13.8. The fourth-order valence-electron chi connectivity index (χ4n) is 4.48. The Labute approximate surface area is 168 Å². The predicted molar refractivity (Wildman–Crippen MR) is 112 cm³/mol. The van der Waals surface area contributed by atoms with E-state index in [4.69, 9.17) is 4.74 Å². The largest absolute Gasteiger partial charge is 0.616 e. The van der Waals surface area contributed by atoms with E-state index < -0.39 is 11.2 Å². The lowest BCUT2D eigenvalue weighted by Crippen LogP contribution is -2.35. The van der Waals surface area contributed by atoms with Gasteiger partial charge in [-0.2, -0.15) is 0 Å². The summed E-state index contributed by atoms with van der Waals surface area (Å²) in [5.41, 5.74) is 1.33. The number of aromatic nitrogens is 2. The number of rotatable bonds is 6. The molecule has 0 radical (unpaired) electrons. The van der Waals surface area contributed by atoms with Crippen molar-refractivity contribution in [3.05, 3.63) is 16.8 Å². The first-order valence-corrected chi connectivity index (χ1v) is 12.3. The summed E-state index contributed by atoms with van der Waals surface area (Å²) in [6, 6.07) is 0.661. The van der Waals surface area contributed by atoms with Crippen molar-refractivity contribution in [2.24, 2.45) is 0 Å². The zero-order valence-electron chi connectivity index (χ0n) is 16.4. The Morgan fingerprint density at radius 2 is 2.00 bits per heavy atom. The first-order chi connectivity index (χ1) is 13.1. The Balaban J connectivity index is 1.57. The summed E-state index contributed by atoms with van der Waals surface area (Å²) >= 11 is 1.01. The SMILES string of the molecule is CC[S@@+]([O-])C[C@H]1CCc2sc3ncnc(O[C@H]4CC[C@H](N(C)C)CC4)c3c21. The molecule has 0 aliphatic heterocycles. The molecule has 0 N–H and O–H groups in total. The normalized spacial score (nSPS) is 26.5. The van der Waals surface area contributed by atoms with Crippen LogP contribution in [0.15, 0.2) is 6.33 Å². The van der Waals surface area contributed by atoms with Crippen molar-refractivity contribution in [1.82, 2.24) is 14.9 Å². The molecule has 0 spiro atoms. The first-order valence-electron chi connectivity index (χ1n) is 10.0. The highest BCUT2D eigenvalue weighted by molar-refractivity contribution is 7.91. The standard InChI is InChI=1S/C20H29N3O2S2/c1-4-27(24)11-13-5-10-16-17(13)18-19(21-12-22-20(18)26-16)25-15-8-6-14(7-9-15)23(2)3/h12-15H,4-11H2,1-3H3/t13-,14-,15-,27-/m1/s1. The third-order valence-electron chi connectivity index (χ3n) is 6.06. The van der Waals surface area contributed by atoms with Gasteiger partial charge in [-0.15, -0.1) is 11.3 Å². The lowest BCUT2D eigenvalue weighted by atomic mass is 9.92. The summed E-state index contributed by atoms with van der Waals surface area (Å²) < 4.78 is 18.6. The van der Waals surface area contributed by atoms with Crippen LogP contribution in [0.4, 0.5) is 0 Å². The van der Waals surface area contributed by atoms with Crippen LogP contribution in [0, 0.1) is 0 Å². The molecule has 1 saturated carbocycles. The van der Waals surface area contributed by atoms with Crippen LogP contribution in [0.5, 0.6) is 5.88 Å². The number of hydrogen-bond acceptors (Lipinski definition) is 6. The average Bonchev–Trinajstić information content (AvgIpc) is 3.22. The van der Waals surface area contributed by atoms with Crippen LogP contribution in [-0.2, 0) is 17.6 Å². The van der Waals surface area contributed by atoms with E-state index >= 15 is 0 Å². The molecular formula is C20H29N3O2S2. The number of ether oxygens (including phenoxy) is 1. The van der Waals surface area contributed by atoms with E-state index in [9.17, 15) is 4.55 Å². The molecule has 5 nitrogen and oxygen atoms in total. The number of thiophene rings is 1. The molecule has 4 rings (SSSR count). The van der Waals surface area contributed by atoms with Crippen LogP contribution in [0.1, 0.15) is 55.4 Å². The van der Waals surface area contributed by atoms with E-state index in [1.54, 1.807) is 17.7 Å². The lowest BCUT2D eigenvalue weighted by Gasteiger charge is -2.32. The fraction of sp³-hybridized carbons (Fsp3) is 0.700. The molecule has 2 heterocycles. The van der Waals surface area contributed by atoms with Crippen LogP contribution in [0.2, 0.25) is 0 Å². The van der Waals surface area contributed by atoms with Gasteiger partial charge in [0.25, 0.3) is 0 Å². The van der Waals surface area contributed by atoms with Crippen LogP contribution in [0.3, 0.4) is 0 Å². The highest BCUT2D eigenvalue weighted by Gasteiger charge is 2.33. The zero-order chi connectivity index (χ0) is 19.0. The van der Waals surface area contributed by atoms with Gasteiger partial charge in [0, 0.05) is 16.8 Å². The first kappa shape index (κ1) is 19.4. The minimum atomic E-state index is -0.754. The molecule has 27 heavy (non-hydrogen) atoms. The average molecular weight is 408 g/mol. The Morgan fingerprint density at radius 3 is 2.70 bits per heavy atom. The summed E-state index contributed by atoms with van der Waals surface area (Å²) in [5, 5.41) is 1.10. The van der Waals surface area contributed by atoms with Gasteiger partial charge in [-0.25, -0.2) is 9.97 Å². The topological polar surface area (TPSA) is 61.3 Å². The van der Waals surface area contributed by atoms with Gasteiger partial charge in [-0.3, -0.25) is 0 Å². The van der Waals surface area contributed by atoms with Crippen molar-refractivity contribution >= 4 is 32.7 Å². The van der Waals surface area contributed by atoms with E-state index in [-0.39, 0.29) is 6.10 Å². The summed E-state index contributed by atoms with van der Waals surface area (Å²) in [6.07, 6.45) is 8.51. The summed E-state index contributed by atoms with van der Waals surface area (Å²) in [5.74, 6) is 2.58. The minimum Gasteiger partial charge on any atom is -0.616 e. The van der Waals surface area contributed by atoms with Crippen molar-refractivity contribution in [1.29, 1.82) is 0 Å². The molecule has 0 aromatic carbocycles. The van der Waals surface area contributed by atoms with E-state index in [1.165, 1.54) is 23.3 Å². The maximum absolute atomic E-state index is 12.2. The van der Waals surface area contributed by atoms with Gasteiger partial charge in [0.2, 0.25) is 5.88 Å². The fourth-order valence-corrected chi connectivity index (χ4v) is 6.72. The monoisotopic (exact) mass is 407 g/mol. The van der Waals surface area contributed by atoms with E-state index in [0.717, 1.165) is 53.3 Å². The third-order valence-corrected chi connectivity index (χ3v) is 8.65. The smallest absolute Gasteiger partial charge is 0.225 e.